The van der Waals surface area contributed by atoms with Gasteiger partial charge in [0.05, 0.1) is 6.04 Å². The molecule has 3 atom stereocenters. The Morgan fingerprint density at radius 3 is 2.55 bits per heavy atom. The van der Waals surface area contributed by atoms with Crippen LogP contribution in [0.25, 0.3) is 0 Å². The topological polar surface area (TPSA) is 32.3 Å². The first-order valence-corrected chi connectivity index (χ1v) is 8.04. The van der Waals surface area contributed by atoms with E-state index < -0.39 is 0 Å². The van der Waals surface area contributed by atoms with Crippen LogP contribution in [0.4, 0.5) is 5.69 Å². The first-order chi connectivity index (χ1) is 9.41. The van der Waals surface area contributed by atoms with Crippen LogP contribution in [0.3, 0.4) is 0 Å². The van der Waals surface area contributed by atoms with Gasteiger partial charge in [-0.25, -0.2) is 0 Å². The van der Waals surface area contributed by atoms with Crippen molar-refractivity contribution in [2.24, 2.45) is 0 Å². The average Bonchev–Trinajstić information content (AvgIpc) is 2.73. The molecule has 1 aliphatic rings. The third kappa shape index (κ3) is 3.07. The predicted octanol–water partition coefficient (Wildman–Crippen LogP) is 3.96. The van der Waals surface area contributed by atoms with E-state index in [2.05, 4.69) is 40.0 Å². The zero-order chi connectivity index (χ0) is 14.9. The molecule has 0 aliphatic carbocycles. The van der Waals surface area contributed by atoms with Crippen LogP contribution in [-0.2, 0) is 4.79 Å². The summed E-state index contributed by atoms with van der Waals surface area (Å²) in [4.78, 5) is 14.8. The average molecular weight is 339 g/mol. The van der Waals surface area contributed by atoms with Crippen molar-refractivity contribution in [2.75, 3.05) is 5.32 Å². The highest BCUT2D eigenvalue weighted by Gasteiger charge is 2.34. The normalized spacial score (nSPS) is 24.6. The quantitative estimate of drug-likeness (QED) is 0.904. The molecule has 1 N–H and O–H groups in total. The molecule has 0 spiro atoms. The lowest BCUT2D eigenvalue weighted by Gasteiger charge is -2.31. The van der Waals surface area contributed by atoms with E-state index in [0.29, 0.717) is 12.1 Å². The van der Waals surface area contributed by atoms with Gasteiger partial charge in [0.25, 0.3) is 0 Å². The Balaban J connectivity index is 2.10. The van der Waals surface area contributed by atoms with Gasteiger partial charge in [-0.2, -0.15) is 0 Å². The van der Waals surface area contributed by atoms with Crippen LogP contribution in [-0.4, -0.2) is 28.9 Å². The number of nitrogens with one attached hydrogen (secondary N) is 1. The van der Waals surface area contributed by atoms with Crippen molar-refractivity contribution in [1.82, 2.24) is 4.90 Å². The van der Waals surface area contributed by atoms with Gasteiger partial charge >= 0.3 is 0 Å². The molecule has 1 amide bonds. The first kappa shape index (κ1) is 15.5. The van der Waals surface area contributed by atoms with Gasteiger partial charge in [0, 0.05) is 22.2 Å². The molecule has 0 aromatic heterocycles. The summed E-state index contributed by atoms with van der Waals surface area (Å²) in [6.07, 6.45) is 2.35. The van der Waals surface area contributed by atoms with Gasteiger partial charge in [-0.15, -0.1) is 0 Å². The van der Waals surface area contributed by atoms with Gasteiger partial charge in [-0.3, -0.25) is 9.69 Å². The van der Waals surface area contributed by atoms with Gasteiger partial charge in [0.1, 0.15) is 0 Å². The van der Waals surface area contributed by atoms with E-state index in [1.807, 2.05) is 32.0 Å². The fraction of sp³-hybridized carbons (Fsp3) is 0.562. The van der Waals surface area contributed by atoms with Crippen LogP contribution < -0.4 is 5.32 Å². The maximum atomic E-state index is 12.5. The Labute approximate surface area is 129 Å². The van der Waals surface area contributed by atoms with E-state index in [1.54, 1.807) is 0 Å². The van der Waals surface area contributed by atoms with E-state index in [1.165, 1.54) is 12.8 Å². The molecule has 0 bridgehead atoms. The Morgan fingerprint density at radius 2 is 1.95 bits per heavy atom. The summed E-state index contributed by atoms with van der Waals surface area (Å²) in [7, 11) is 0. The summed E-state index contributed by atoms with van der Waals surface area (Å²) in [5.41, 5.74) is 1.95. The Kier molecular flexibility index (Phi) is 4.86. The number of nitrogens with zero attached hydrogens (tertiary/aromatic N) is 1. The molecule has 1 aliphatic heterocycles. The van der Waals surface area contributed by atoms with Crippen LogP contribution in [0.2, 0.25) is 0 Å². The summed E-state index contributed by atoms with van der Waals surface area (Å²) in [6.45, 7) is 8.42. The van der Waals surface area contributed by atoms with Crippen molar-refractivity contribution in [1.29, 1.82) is 0 Å². The Bertz CT molecular complexity index is 493. The molecule has 1 heterocycles. The van der Waals surface area contributed by atoms with Gasteiger partial charge in [-0.05, 0) is 58.2 Å². The zero-order valence-electron chi connectivity index (χ0n) is 12.6. The summed E-state index contributed by atoms with van der Waals surface area (Å²) >= 11 is 3.50. The van der Waals surface area contributed by atoms with E-state index >= 15 is 0 Å². The largest absolute Gasteiger partial charge is 0.324 e. The van der Waals surface area contributed by atoms with Crippen LogP contribution in [0.1, 0.15) is 39.2 Å². The second-order valence-electron chi connectivity index (χ2n) is 5.80. The van der Waals surface area contributed by atoms with E-state index in [4.69, 9.17) is 0 Å². The number of benzene rings is 1. The number of rotatable bonds is 3. The predicted molar refractivity (Wildman–Crippen MR) is 87.0 cm³/mol. The monoisotopic (exact) mass is 338 g/mol. The Morgan fingerprint density at radius 1 is 1.35 bits per heavy atom. The summed E-state index contributed by atoms with van der Waals surface area (Å²) in [5.74, 6) is 0.0757. The molecule has 1 aromatic rings. The van der Waals surface area contributed by atoms with E-state index in [0.717, 1.165) is 15.7 Å². The number of likely N-dealkylation sites (tertiary alicyclic amines) is 1. The van der Waals surface area contributed by atoms with Crippen molar-refractivity contribution < 1.29 is 4.79 Å². The molecule has 1 fully saturated rings. The minimum Gasteiger partial charge on any atom is -0.324 e. The summed E-state index contributed by atoms with van der Waals surface area (Å²) in [5, 5.41) is 3.06. The maximum absolute atomic E-state index is 12.5. The van der Waals surface area contributed by atoms with E-state index in [9.17, 15) is 4.79 Å². The van der Waals surface area contributed by atoms with Crippen molar-refractivity contribution in [3.05, 3.63) is 28.2 Å². The molecule has 20 heavy (non-hydrogen) atoms. The lowest BCUT2D eigenvalue weighted by Crippen LogP contribution is -2.46. The second kappa shape index (κ2) is 6.27. The minimum atomic E-state index is -0.0964. The molecule has 0 radical (unpaired) electrons. The molecule has 3 unspecified atom stereocenters. The summed E-state index contributed by atoms with van der Waals surface area (Å²) in [6, 6.07) is 6.74. The molecule has 1 aromatic carbocycles. The third-order valence-electron chi connectivity index (χ3n) is 4.37. The molecule has 4 heteroatoms. The van der Waals surface area contributed by atoms with Crippen LogP contribution in [0, 0.1) is 6.92 Å². The number of amides is 1. The zero-order valence-corrected chi connectivity index (χ0v) is 14.2. The highest BCUT2D eigenvalue weighted by atomic mass is 79.9. The number of carbonyl (C=O) groups is 1. The van der Waals surface area contributed by atoms with Crippen LogP contribution in [0.15, 0.2) is 22.7 Å². The lowest BCUT2D eigenvalue weighted by atomic mass is 10.1. The highest BCUT2D eigenvalue weighted by Crippen LogP contribution is 2.27. The third-order valence-corrected chi connectivity index (χ3v) is 5.23. The lowest BCUT2D eigenvalue weighted by molar-refractivity contribution is -0.121. The number of carbonyl (C=O) groups excluding carboxylic acids is 1. The van der Waals surface area contributed by atoms with Crippen molar-refractivity contribution in [3.8, 4) is 0 Å². The van der Waals surface area contributed by atoms with Crippen LogP contribution >= 0.6 is 15.9 Å². The molecule has 2 rings (SSSR count). The fourth-order valence-corrected chi connectivity index (χ4v) is 3.46. The van der Waals surface area contributed by atoms with Crippen molar-refractivity contribution in [2.45, 2.75) is 58.7 Å². The molecule has 110 valence electrons. The van der Waals surface area contributed by atoms with Crippen molar-refractivity contribution in [3.63, 3.8) is 0 Å². The standard InChI is InChI=1S/C16H23BrN2O/c1-10-8-9-11(2)19(10)13(4)16(20)18-15-7-5-6-14(17)12(15)3/h5-7,10-11,13H,8-9H2,1-4H3,(H,18,20). The highest BCUT2D eigenvalue weighted by molar-refractivity contribution is 9.10. The van der Waals surface area contributed by atoms with E-state index in [-0.39, 0.29) is 11.9 Å². The molecular weight excluding hydrogens is 316 g/mol. The smallest absolute Gasteiger partial charge is 0.241 e. The van der Waals surface area contributed by atoms with Gasteiger partial charge in [-0.1, -0.05) is 22.0 Å². The second-order valence-corrected chi connectivity index (χ2v) is 6.65. The first-order valence-electron chi connectivity index (χ1n) is 7.25. The fourth-order valence-electron chi connectivity index (χ4n) is 3.09. The summed E-state index contributed by atoms with van der Waals surface area (Å²) < 4.78 is 1.02. The number of hydrogen-bond acceptors (Lipinski definition) is 2. The Hall–Kier alpha value is -0.870. The maximum Gasteiger partial charge on any atom is 0.241 e. The minimum absolute atomic E-state index is 0.0757. The molecule has 1 saturated heterocycles. The molecule has 0 saturated carbocycles. The SMILES string of the molecule is Cc1c(Br)cccc1NC(=O)C(C)N1C(C)CCC1C. The number of halogens is 1. The molecular formula is C16H23BrN2O. The van der Waals surface area contributed by atoms with Gasteiger partial charge < -0.3 is 5.32 Å². The van der Waals surface area contributed by atoms with Gasteiger partial charge in [0.15, 0.2) is 0 Å². The van der Waals surface area contributed by atoms with Crippen molar-refractivity contribution >= 4 is 27.5 Å². The van der Waals surface area contributed by atoms with Gasteiger partial charge in [0.2, 0.25) is 5.91 Å². The van der Waals surface area contributed by atoms with Crippen LogP contribution in [0.5, 0.6) is 0 Å². The molecule has 3 nitrogen and oxygen atoms in total. The number of hydrogen-bond donors (Lipinski definition) is 1. The number of anilines is 1.